The molecule has 1 N–H and O–H groups in total. The topological polar surface area (TPSA) is 97.0 Å². The number of likely N-dealkylation sites (tertiary alicyclic amines) is 1. The number of hydrogen-bond acceptors (Lipinski definition) is 5. The van der Waals surface area contributed by atoms with Crippen LogP contribution in [0.15, 0.2) is 23.1 Å². The lowest BCUT2D eigenvalue weighted by Crippen LogP contribution is -2.36. The molecule has 1 aliphatic rings. The average Bonchev–Trinajstić information content (AvgIpc) is 2.83. The molecule has 1 fully saturated rings. The highest BCUT2D eigenvalue weighted by Gasteiger charge is 2.34. The van der Waals surface area contributed by atoms with Crippen molar-refractivity contribution in [2.75, 3.05) is 6.54 Å². The number of benzene rings is 1. The van der Waals surface area contributed by atoms with Gasteiger partial charge >= 0.3 is 0 Å². The quantitative estimate of drug-likeness (QED) is 0.831. The lowest BCUT2D eigenvalue weighted by molar-refractivity contribution is 0.367. The molecule has 0 aromatic heterocycles. The maximum atomic E-state index is 12.4. The van der Waals surface area contributed by atoms with E-state index in [0.29, 0.717) is 6.42 Å². The minimum Gasteiger partial charge on any atom is -0.305 e. The van der Waals surface area contributed by atoms with Crippen molar-refractivity contribution in [2.45, 2.75) is 29.8 Å². The first kappa shape index (κ1) is 16.9. The van der Waals surface area contributed by atoms with E-state index in [0.717, 1.165) is 0 Å². The molecule has 0 amide bonds. The predicted octanol–water partition coefficient (Wildman–Crippen LogP) is 2.11. The van der Waals surface area contributed by atoms with Gasteiger partial charge in [0.2, 0.25) is 10.0 Å². The molecule has 0 unspecified atom stereocenters. The van der Waals surface area contributed by atoms with Gasteiger partial charge in [0.15, 0.2) is 6.19 Å². The molecule has 22 heavy (non-hydrogen) atoms. The van der Waals surface area contributed by atoms with E-state index < -0.39 is 16.1 Å². The molecule has 1 aromatic rings. The molecule has 0 radical (unpaired) electrons. The van der Waals surface area contributed by atoms with E-state index in [9.17, 15) is 8.42 Å². The molecule has 0 saturated carbocycles. The van der Waals surface area contributed by atoms with E-state index in [-0.39, 0.29) is 33.9 Å². The van der Waals surface area contributed by atoms with Crippen molar-refractivity contribution in [1.29, 1.82) is 10.5 Å². The molecule has 1 saturated heterocycles. The second-order valence-electron chi connectivity index (χ2n) is 4.90. The third-order valence-electron chi connectivity index (χ3n) is 3.37. The Morgan fingerprint density at radius 1 is 1.36 bits per heavy atom. The Labute approximate surface area is 138 Å². The summed E-state index contributed by atoms with van der Waals surface area (Å²) in [6.45, 7) is 0.222. The molecule has 9 heteroatoms. The zero-order valence-corrected chi connectivity index (χ0v) is 13.7. The van der Waals surface area contributed by atoms with Gasteiger partial charge in [-0.15, -0.1) is 0 Å². The van der Waals surface area contributed by atoms with Gasteiger partial charge in [-0.25, -0.2) is 13.1 Å². The summed E-state index contributed by atoms with van der Waals surface area (Å²) in [5.74, 6) is 0. The van der Waals surface area contributed by atoms with Gasteiger partial charge < -0.3 is 4.90 Å². The highest BCUT2D eigenvalue weighted by Crippen LogP contribution is 2.27. The molecule has 116 valence electrons. The number of nitrogens with one attached hydrogen (secondary N) is 1. The van der Waals surface area contributed by atoms with E-state index in [1.807, 2.05) is 12.3 Å². The van der Waals surface area contributed by atoms with Gasteiger partial charge in [-0.05, 0) is 24.6 Å². The fourth-order valence-electron chi connectivity index (χ4n) is 2.39. The summed E-state index contributed by atoms with van der Waals surface area (Å²) in [6.07, 6.45) is 2.53. The summed E-state index contributed by atoms with van der Waals surface area (Å²) in [7, 11) is -3.85. The standard InChI is InChI=1S/C13H12Cl2N4O2S/c14-9-1-2-12(15)13(5-9)22(20,21)18-10-6-11(3-4-16)19(7-10)8-17/h1-2,5,10-11,18H,3,6-7H2/t10-,11+/m1/s1. The van der Waals surface area contributed by atoms with Crippen LogP contribution in [-0.4, -0.2) is 31.9 Å². The molecule has 0 bridgehead atoms. The van der Waals surface area contributed by atoms with Crippen LogP contribution in [0.3, 0.4) is 0 Å². The fraction of sp³-hybridized carbons (Fsp3) is 0.385. The zero-order chi connectivity index (χ0) is 16.3. The van der Waals surface area contributed by atoms with Crippen LogP contribution in [0.5, 0.6) is 0 Å². The molecule has 2 atom stereocenters. The van der Waals surface area contributed by atoms with Crippen molar-refractivity contribution in [2.24, 2.45) is 0 Å². The third kappa shape index (κ3) is 3.63. The first-order chi connectivity index (χ1) is 10.4. The first-order valence-corrected chi connectivity index (χ1v) is 8.62. The van der Waals surface area contributed by atoms with Crippen molar-refractivity contribution < 1.29 is 8.42 Å². The highest BCUT2D eigenvalue weighted by atomic mass is 35.5. The van der Waals surface area contributed by atoms with E-state index in [2.05, 4.69) is 4.72 Å². The van der Waals surface area contributed by atoms with E-state index in [4.69, 9.17) is 33.7 Å². The normalized spacial score (nSPS) is 21.4. The summed E-state index contributed by atoms with van der Waals surface area (Å²) in [5, 5.41) is 18.1. The number of sulfonamides is 1. The number of halogens is 2. The number of nitriles is 2. The minimum absolute atomic E-state index is 0.0700. The largest absolute Gasteiger partial charge is 0.305 e. The van der Waals surface area contributed by atoms with Crippen LogP contribution in [-0.2, 0) is 10.0 Å². The van der Waals surface area contributed by atoms with Gasteiger partial charge in [0.05, 0.1) is 23.6 Å². The van der Waals surface area contributed by atoms with Gasteiger partial charge in [0.1, 0.15) is 4.90 Å². The lowest BCUT2D eigenvalue weighted by Gasteiger charge is -2.14. The molecule has 6 nitrogen and oxygen atoms in total. The Hall–Kier alpha value is -1.51. The maximum absolute atomic E-state index is 12.4. The predicted molar refractivity (Wildman–Crippen MR) is 81.5 cm³/mol. The molecular formula is C13H12Cl2N4O2S. The molecule has 2 rings (SSSR count). The Kier molecular flexibility index (Phi) is 5.15. The van der Waals surface area contributed by atoms with Gasteiger partial charge in [-0.3, -0.25) is 0 Å². The number of rotatable bonds is 4. The number of hydrogen-bond donors (Lipinski definition) is 1. The van der Waals surface area contributed by atoms with Crippen LogP contribution in [0, 0.1) is 22.8 Å². The molecule has 1 aromatic carbocycles. The molecule has 0 aliphatic carbocycles. The van der Waals surface area contributed by atoms with Crippen LogP contribution >= 0.6 is 23.2 Å². The maximum Gasteiger partial charge on any atom is 0.242 e. The summed E-state index contributed by atoms with van der Waals surface area (Å²) in [4.78, 5) is 1.31. The van der Waals surface area contributed by atoms with Gasteiger partial charge in [-0.2, -0.15) is 10.5 Å². The van der Waals surface area contributed by atoms with Crippen molar-refractivity contribution in [3.05, 3.63) is 28.2 Å². The van der Waals surface area contributed by atoms with Gasteiger partial charge in [0, 0.05) is 17.6 Å². The van der Waals surface area contributed by atoms with Crippen molar-refractivity contribution in [3.63, 3.8) is 0 Å². The highest BCUT2D eigenvalue weighted by molar-refractivity contribution is 7.89. The number of nitrogens with zero attached hydrogens (tertiary/aromatic N) is 3. The van der Waals surface area contributed by atoms with Gasteiger partial charge in [-0.1, -0.05) is 23.2 Å². The van der Waals surface area contributed by atoms with Crippen molar-refractivity contribution in [1.82, 2.24) is 9.62 Å². The van der Waals surface area contributed by atoms with Crippen LogP contribution in [0.25, 0.3) is 0 Å². The average molecular weight is 359 g/mol. The van der Waals surface area contributed by atoms with E-state index in [1.54, 1.807) is 0 Å². The Morgan fingerprint density at radius 2 is 2.09 bits per heavy atom. The van der Waals surface area contributed by atoms with Crippen LogP contribution in [0.4, 0.5) is 0 Å². The summed E-state index contributed by atoms with van der Waals surface area (Å²) in [5.41, 5.74) is 0. The summed E-state index contributed by atoms with van der Waals surface area (Å²) < 4.78 is 27.3. The third-order valence-corrected chi connectivity index (χ3v) is 5.61. The first-order valence-electron chi connectivity index (χ1n) is 6.38. The lowest BCUT2D eigenvalue weighted by atomic mass is 10.1. The zero-order valence-electron chi connectivity index (χ0n) is 11.3. The molecule has 0 spiro atoms. The van der Waals surface area contributed by atoms with E-state index >= 15 is 0 Å². The second-order valence-corrected chi connectivity index (χ2v) is 7.42. The van der Waals surface area contributed by atoms with Crippen LogP contribution < -0.4 is 4.72 Å². The molecule has 1 heterocycles. The Bertz CT molecular complexity index is 754. The molecular weight excluding hydrogens is 347 g/mol. The van der Waals surface area contributed by atoms with Crippen molar-refractivity contribution in [3.8, 4) is 12.3 Å². The van der Waals surface area contributed by atoms with Crippen molar-refractivity contribution >= 4 is 33.2 Å². The fourth-order valence-corrected chi connectivity index (χ4v) is 4.39. The summed E-state index contributed by atoms with van der Waals surface area (Å²) in [6, 6.07) is 5.44. The van der Waals surface area contributed by atoms with Crippen LogP contribution in [0.1, 0.15) is 12.8 Å². The summed E-state index contributed by atoms with van der Waals surface area (Å²) >= 11 is 11.7. The monoisotopic (exact) mass is 358 g/mol. The minimum atomic E-state index is -3.85. The molecule has 1 aliphatic heterocycles. The van der Waals surface area contributed by atoms with E-state index in [1.165, 1.54) is 23.1 Å². The SMILES string of the molecule is N#CC[C@H]1C[C@@H](NS(=O)(=O)c2cc(Cl)ccc2Cl)CN1C#N. The Morgan fingerprint density at radius 3 is 2.73 bits per heavy atom. The van der Waals surface area contributed by atoms with Crippen LogP contribution in [0.2, 0.25) is 10.0 Å². The second kappa shape index (κ2) is 6.72. The Balaban J connectivity index is 2.19. The smallest absolute Gasteiger partial charge is 0.242 e. The van der Waals surface area contributed by atoms with Gasteiger partial charge in [0.25, 0.3) is 0 Å².